The molecule has 0 aliphatic rings. The molecule has 0 unspecified atom stereocenters. The van der Waals surface area contributed by atoms with Crippen LogP contribution in [0.4, 0.5) is 0 Å². The van der Waals surface area contributed by atoms with Crippen LogP contribution in [0.15, 0.2) is 42.6 Å². The van der Waals surface area contributed by atoms with Crippen molar-refractivity contribution >= 4 is 11.0 Å². The summed E-state index contributed by atoms with van der Waals surface area (Å²) in [6.07, 6.45) is 1.89. The van der Waals surface area contributed by atoms with E-state index in [9.17, 15) is 0 Å². The molecular weight excluding hydrogens is 356 g/mol. The van der Waals surface area contributed by atoms with Gasteiger partial charge in [0, 0.05) is 23.0 Å². The van der Waals surface area contributed by atoms with Crippen molar-refractivity contribution in [1.82, 2.24) is 19.7 Å². The molecule has 148 valence electrons. The molecule has 3 heterocycles. The molecule has 4 heteroatoms. The Labute approximate surface area is 172 Å². The van der Waals surface area contributed by atoms with Gasteiger partial charge in [-0.25, -0.2) is 4.98 Å². The number of nitrogens with zero attached hydrogens (tertiary/aromatic N) is 4. The second kappa shape index (κ2) is 6.80. The number of aromatic nitrogens is 4. The predicted octanol–water partition coefficient (Wildman–Crippen LogP) is 6.15. The van der Waals surface area contributed by atoms with Gasteiger partial charge in [0.2, 0.25) is 0 Å². The van der Waals surface area contributed by atoms with E-state index in [-0.39, 0.29) is 5.54 Å². The summed E-state index contributed by atoms with van der Waals surface area (Å²) >= 11 is 0. The number of fused-ring (bicyclic) bond motifs is 1. The third-order valence-electron chi connectivity index (χ3n) is 5.53. The largest absolute Gasteiger partial charge is 0.261 e. The first-order valence-electron chi connectivity index (χ1n) is 10.1. The van der Waals surface area contributed by atoms with E-state index in [4.69, 9.17) is 10.1 Å². The lowest BCUT2D eigenvalue weighted by atomic mass is 9.97. The maximum Gasteiger partial charge on any atom is 0.120 e. The van der Waals surface area contributed by atoms with Crippen molar-refractivity contribution in [1.29, 1.82) is 0 Å². The summed E-state index contributed by atoms with van der Waals surface area (Å²) in [5.74, 6) is 0. The molecule has 0 spiro atoms. The Hall–Kier alpha value is -3.01. The van der Waals surface area contributed by atoms with Gasteiger partial charge >= 0.3 is 0 Å². The lowest BCUT2D eigenvalue weighted by molar-refractivity contribution is 0.369. The first kappa shape index (κ1) is 19.3. The Kier molecular flexibility index (Phi) is 4.53. The zero-order valence-electron chi connectivity index (χ0n) is 18.3. The predicted molar refractivity (Wildman–Crippen MR) is 120 cm³/mol. The smallest absolute Gasteiger partial charge is 0.120 e. The Morgan fingerprint density at radius 2 is 1.62 bits per heavy atom. The van der Waals surface area contributed by atoms with E-state index >= 15 is 0 Å². The number of pyridine rings is 2. The van der Waals surface area contributed by atoms with Crippen molar-refractivity contribution in [3.05, 3.63) is 65.0 Å². The van der Waals surface area contributed by atoms with Crippen LogP contribution in [-0.2, 0) is 5.54 Å². The van der Waals surface area contributed by atoms with Gasteiger partial charge in [0.25, 0.3) is 0 Å². The zero-order valence-corrected chi connectivity index (χ0v) is 18.3. The van der Waals surface area contributed by atoms with Crippen LogP contribution in [0.1, 0.15) is 43.2 Å². The molecule has 0 aliphatic carbocycles. The zero-order chi connectivity index (χ0) is 20.9. The van der Waals surface area contributed by atoms with Crippen LogP contribution in [0, 0.1) is 27.7 Å². The van der Waals surface area contributed by atoms with Gasteiger partial charge in [-0.2, -0.15) is 5.10 Å². The number of benzene rings is 1. The van der Waals surface area contributed by atoms with Crippen molar-refractivity contribution in [2.45, 2.75) is 54.0 Å². The molecule has 0 saturated carbocycles. The van der Waals surface area contributed by atoms with Crippen LogP contribution in [0.3, 0.4) is 0 Å². The van der Waals surface area contributed by atoms with E-state index in [1.165, 1.54) is 16.7 Å². The standard InChI is InChI=1S/C25H28N4/c1-15-9-8-10-20(18(15)4)22-16(2)13-21-24(27-22)23(28-29(21)25(5,6)7)19-12-11-17(3)26-14-19/h8-14H,1-7H3. The molecule has 0 N–H and O–H groups in total. The molecule has 0 fully saturated rings. The van der Waals surface area contributed by atoms with Crippen LogP contribution < -0.4 is 0 Å². The molecule has 3 aromatic heterocycles. The van der Waals surface area contributed by atoms with Gasteiger partial charge < -0.3 is 0 Å². The third-order valence-corrected chi connectivity index (χ3v) is 5.53. The molecule has 4 nitrogen and oxygen atoms in total. The van der Waals surface area contributed by atoms with Crippen molar-refractivity contribution in [2.24, 2.45) is 0 Å². The molecule has 0 aliphatic heterocycles. The average Bonchev–Trinajstić information content (AvgIpc) is 3.03. The summed E-state index contributed by atoms with van der Waals surface area (Å²) < 4.78 is 2.09. The first-order chi connectivity index (χ1) is 13.7. The first-order valence-corrected chi connectivity index (χ1v) is 10.1. The van der Waals surface area contributed by atoms with Crippen molar-refractivity contribution in [3.63, 3.8) is 0 Å². The van der Waals surface area contributed by atoms with Gasteiger partial charge in [0.15, 0.2) is 0 Å². The molecule has 0 radical (unpaired) electrons. The van der Waals surface area contributed by atoms with Gasteiger partial charge in [-0.3, -0.25) is 9.67 Å². The van der Waals surface area contributed by atoms with E-state index in [0.717, 1.165) is 39.2 Å². The van der Waals surface area contributed by atoms with E-state index in [2.05, 4.69) is 81.5 Å². The molecule has 0 atom stereocenters. The Morgan fingerprint density at radius 3 is 2.28 bits per heavy atom. The highest BCUT2D eigenvalue weighted by molar-refractivity contribution is 5.92. The quantitative estimate of drug-likeness (QED) is 0.416. The summed E-state index contributed by atoms with van der Waals surface area (Å²) in [4.78, 5) is 9.65. The fourth-order valence-corrected chi connectivity index (χ4v) is 3.73. The highest BCUT2D eigenvalue weighted by atomic mass is 15.3. The minimum atomic E-state index is -0.149. The average molecular weight is 385 g/mol. The lowest BCUT2D eigenvalue weighted by Gasteiger charge is -2.20. The minimum absolute atomic E-state index is 0.149. The fourth-order valence-electron chi connectivity index (χ4n) is 3.73. The molecule has 29 heavy (non-hydrogen) atoms. The van der Waals surface area contributed by atoms with Crippen molar-refractivity contribution in [2.75, 3.05) is 0 Å². The molecule has 0 saturated heterocycles. The summed E-state index contributed by atoms with van der Waals surface area (Å²) in [7, 11) is 0. The maximum absolute atomic E-state index is 5.17. The maximum atomic E-state index is 5.17. The molecule has 0 bridgehead atoms. The molecule has 1 aromatic carbocycles. The van der Waals surface area contributed by atoms with Gasteiger partial charge in [0.1, 0.15) is 11.2 Å². The minimum Gasteiger partial charge on any atom is -0.261 e. The summed E-state index contributed by atoms with van der Waals surface area (Å²) in [5.41, 5.74) is 10.6. The fraction of sp³-hybridized carbons (Fsp3) is 0.320. The number of hydrogen-bond donors (Lipinski definition) is 0. The summed E-state index contributed by atoms with van der Waals surface area (Å²) in [5, 5.41) is 4.99. The molecule has 4 rings (SSSR count). The van der Waals surface area contributed by atoms with Gasteiger partial charge in [-0.15, -0.1) is 0 Å². The van der Waals surface area contributed by atoms with Gasteiger partial charge in [-0.05, 0) is 83.4 Å². The normalized spacial score (nSPS) is 12.0. The van der Waals surface area contributed by atoms with Crippen LogP contribution in [0.5, 0.6) is 0 Å². The van der Waals surface area contributed by atoms with E-state index in [1.54, 1.807) is 0 Å². The highest BCUT2D eigenvalue weighted by Gasteiger charge is 2.23. The van der Waals surface area contributed by atoms with Crippen molar-refractivity contribution < 1.29 is 0 Å². The van der Waals surface area contributed by atoms with Crippen LogP contribution in [0.25, 0.3) is 33.5 Å². The molecular formula is C25H28N4. The number of hydrogen-bond acceptors (Lipinski definition) is 3. The van der Waals surface area contributed by atoms with E-state index in [0.29, 0.717) is 0 Å². The number of rotatable bonds is 2. The topological polar surface area (TPSA) is 43.6 Å². The molecule has 0 amide bonds. The Morgan fingerprint density at radius 1 is 0.862 bits per heavy atom. The van der Waals surface area contributed by atoms with Gasteiger partial charge in [-0.1, -0.05) is 18.2 Å². The van der Waals surface area contributed by atoms with Crippen LogP contribution in [0.2, 0.25) is 0 Å². The Balaban J connectivity index is 2.05. The SMILES string of the molecule is Cc1ccc(-c2nn(C(C)(C)C)c3cc(C)c(-c4cccc(C)c4C)nc23)cn1. The Bertz CT molecular complexity index is 1210. The molecule has 4 aromatic rings. The van der Waals surface area contributed by atoms with Crippen molar-refractivity contribution in [3.8, 4) is 22.5 Å². The second-order valence-corrected chi connectivity index (χ2v) is 8.89. The van der Waals surface area contributed by atoms with Crippen LogP contribution >= 0.6 is 0 Å². The summed E-state index contributed by atoms with van der Waals surface area (Å²) in [6.45, 7) is 15.0. The van der Waals surface area contributed by atoms with E-state index in [1.807, 2.05) is 19.2 Å². The second-order valence-electron chi connectivity index (χ2n) is 8.89. The highest BCUT2D eigenvalue weighted by Crippen LogP contribution is 2.35. The third kappa shape index (κ3) is 3.33. The van der Waals surface area contributed by atoms with E-state index < -0.39 is 0 Å². The monoisotopic (exact) mass is 384 g/mol. The number of aryl methyl sites for hydroxylation is 3. The summed E-state index contributed by atoms with van der Waals surface area (Å²) in [6, 6.07) is 12.7. The van der Waals surface area contributed by atoms with Gasteiger partial charge in [0.05, 0.1) is 16.7 Å². The lowest BCUT2D eigenvalue weighted by Crippen LogP contribution is -2.23. The van der Waals surface area contributed by atoms with Crippen LogP contribution in [-0.4, -0.2) is 19.7 Å².